The summed E-state index contributed by atoms with van der Waals surface area (Å²) >= 11 is 0. The number of nitrogens with two attached hydrogens (primary N) is 1. The summed E-state index contributed by atoms with van der Waals surface area (Å²) in [5, 5.41) is 3.02. The summed E-state index contributed by atoms with van der Waals surface area (Å²) in [5.41, 5.74) is 5.57. The van der Waals surface area contributed by atoms with Crippen molar-refractivity contribution in [3.8, 4) is 0 Å². The molecule has 2 rings (SSSR count). The molecule has 3 nitrogen and oxygen atoms in total. The summed E-state index contributed by atoms with van der Waals surface area (Å²) in [5.74, 6) is 1.03. The second-order valence-corrected chi connectivity index (χ2v) is 4.14. The van der Waals surface area contributed by atoms with Gasteiger partial charge in [0.2, 0.25) is 5.91 Å². The fourth-order valence-electron chi connectivity index (χ4n) is 1.56. The lowest BCUT2D eigenvalue weighted by molar-refractivity contribution is -0.123. The molecule has 0 saturated heterocycles. The van der Waals surface area contributed by atoms with Crippen LogP contribution in [0, 0.1) is 11.8 Å². The SMILES string of the molecule is CC(NC(=O)C1CC1N)C1CC1. The highest BCUT2D eigenvalue weighted by atomic mass is 16.2. The van der Waals surface area contributed by atoms with E-state index in [2.05, 4.69) is 12.2 Å². The van der Waals surface area contributed by atoms with Crippen molar-refractivity contribution < 1.29 is 4.79 Å². The summed E-state index contributed by atoms with van der Waals surface area (Å²) in [4.78, 5) is 11.4. The molecule has 0 aromatic heterocycles. The topological polar surface area (TPSA) is 55.1 Å². The highest BCUT2D eigenvalue weighted by Crippen LogP contribution is 2.33. The van der Waals surface area contributed by atoms with Crippen LogP contribution in [0.1, 0.15) is 26.2 Å². The first-order chi connectivity index (χ1) is 5.68. The largest absolute Gasteiger partial charge is 0.353 e. The molecule has 0 aromatic rings. The van der Waals surface area contributed by atoms with Crippen LogP contribution in [-0.2, 0) is 4.79 Å². The zero-order valence-corrected chi connectivity index (χ0v) is 7.42. The smallest absolute Gasteiger partial charge is 0.224 e. The van der Waals surface area contributed by atoms with Crippen LogP contribution in [0.2, 0.25) is 0 Å². The van der Waals surface area contributed by atoms with E-state index in [-0.39, 0.29) is 17.9 Å². The van der Waals surface area contributed by atoms with Crippen molar-refractivity contribution >= 4 is 5.91 Å². The minimum Gasteiger partial charge on any atom is -0.353 e. The molecule has 2 aliphatic rings. The highest BCUT2D eigenvalue weighted by molar-refractivity contribution is 5.82. The minimum atomic E-state index is 0.117. The van der Waals surface area contributed by atoms with Crippen LogP contribution in [-0.4, -0.2) is 18.0 Å². The van der Waals surface area contributed by atoms with Gasteiger partial charge in [0.25, 0.3) is 0 Å². The first-order valence-electron chi connectivity index (χ1n) is 4.74. The average molecular weight is 168 g/mol. The maximum atomic E-state index is 11.4. The van der Waals surface area contributed by atoms with E-state index in [9.17, 15) is 4.79 Å². The molecule has 2 aliphatic carbocycles. The maximum absolute atomic E-state index is 11.4. The molecule has 0 aromatic carbocycles. The molecule has 12 heavy (non-hydrogen) atoms. The number of hydrogen-bond acceptors (Lipinski definition) is 2. The molecule has 0 radical (unpaired) electrons. The number of rotatable bonds is 3. The van der Waals surface area contributed by atoms with Crippen molar-refractivity contribution in [3.05, 3.63) is 0 Å². The van der Waals surface area contributed by atoms with Crippen molar-refractivity contribution in [1.82, 2.24) is 5.32 Å². The van der Waals surface area contributed by atoms with Gasteiger partial charge in [-0.15, -0.1) is 0 Å². The maximum Gasteiger partial charge on any atom is 0.224 e. The second kappa shape index (κ2) is 2.73. The van der Waals surface area contributed by atoms with E-state index in [1.807, 2.05) is 0 Å². The predicted octanol–water partition coefficient (Wildman–Crippen LogP) is 0.248. The molecule has 0 heterocycles. The van der Waals surface area contributed by atoms with Crippen molar-refractivity contribution in [2.75, 3.05) is 0 Å². The summed E-state index contributed by atoms with van der Waals surface area (Å²) in [6, 6.07) is 0.502. The van der Waals surface area contributed by atoms with Crippen molar-refractivity contribution in [1.29, 1.82) is 0 Å². The van der Waals surface area contributed by atoms with Crippen molar-refractivity contribution in [2.45, 2.75) is 38.3 Å². The van der Waals surface area contributed by atoms with Crippen LogP contribution in [0.4, 0.5) is 0 Å². The van der Waals surface area contributed by atoms with E-state index in [0.717, 1.165) is 12.3 Å². The fraction of sp³-hybridized carbons (Fsp3) is 0.889. The Morgan fingerprint density at radius 3 is 2.58 bits per heavy atom. The van der Waals surface area contributed by atoms with Gasteiger partial charge in [-0.05, 0) is 32.1 Å². The van der Waals surface area contributed by atoms with E-state index in [1.165, 1.54) is 12.8 Å². The molecule has 68 valence electrons. The molecule has 2 saturated carbocycles. The lowest BCUT2D eigenvalue weighted by Gasteiger charge is -2.11. The number of amides is 1. The van der Waals surface area contributed by atoms with Gasteiger partial charge in [-0.25, -0.2) is 0 Å². The normalized spacial score (nSPS) is 35.8. The third kappa shape index (κ3) is 1.61. The lowest BCUT2D eigenvalue weighted by atomic mass is 10.2. The molecule has 3 atom stereocenters. The third-order valence-electron chi connectivity index (χ3n) is 2.88. The molecule has 0 aliphatic heterocycles. The van der Waals surface area contributed by atoms with Crippen LogP contribution in [0.5, 0.6) is 0 Å². The Hall–Kier alpha value is -0.570. The summed E-state index contributed by atoms with van der Waals surface area (Å²) in [6.45, 7) is 2.09. The Labute approximate surface area is 72.7 Å². The van der Waals surface area contributed by atoms with E-state index >= 15 is 0 Å². The Kier molecular flexibility index (Phi) is 1.83. The number of hydrogen-bond donors (Lipinski definition) is 2. The Morgan fingerprint density at radius 2 is 2.17 bits per heavy atom. The quantitative estimate of drug-likeness (QED) is 0.634. The van der Waals surface area contributed by atoms with Gasteiger partial charge in [0.15, 0.2) is 0 Å². The second-order valence-electron chi connectivity index (χ2n) is 4.14. The molecule has 1 amide bonds. The van der Waals surface area contributed by atoms with Gasteiger partial charge in [0.1, 0.15) is 0 Å². The summed E-state index contributed by atoms with van der Waals surface area (Å²) < 4.78 is 0. The van der Waals surface area contributed by atoms with Crippen LogP contribution < -0.4 is 11.1 Å². The molecular weight excluding hydrogens is 152 g/mol. The zero-order chi connectivity index (χ0) is 8.72. The van der Waals surface area contributed by atoms with Crippen LogP contribution in [0.15, 0.2) is 0 Å². The fourth-order valence-corrected chi connectivity index (χ4v) is 1.56. The molecular formula is C9H16N2O. The van der Waals surface area contributed by atoms with Gasteiger partial charge in [-0.3, -0.25) is 4.79 Å². The Balaban J connectivity index is 1.74. The minimum absolute atomic E-state index is 0.117. The van der Waals surface area contributed by atoms with Crippen LogP contribution >= 0.6 is 0 Å². The number of nitrogens with one attached hydrogen (secondary N) is 1. The monoisotopic (exact) mass is 168 g/mol. The highest BCUT2D eigenvalue weighted by Gasteiger charge is 2.41. The Bertz CT molecular complexity index is 201. The average Bonchev–Trinajstić information content (AvgIpc) is 2.78. The zero-order valence-electron chi connectivity index (χ0n) is 7.42. The van der Waals surface area contributed by atoms with E-state index in [1.54, 1.807) is 0 Å². The van der Waals surface area contributed by atoms with Gasteiger partial charge in [-0.1, -0.05) is 0 Å². The molecule has 0 spiro atoms. The number of carbonyl (C=O) groups is 1. The third-order valence-corrected chi connectivity index (χ3v) is 2.88. The summed E-state index contributed by atoms with van der Waals surface area (Å²) in [7, 11) is 0. The predicted molar refractivity (Wildman–Crippen MR) is 46.4 cm³/mol. The van der Waals surface area contributed by atoms with Gasteiger partial charge in [0.05, 0.1) is 5.92 Å². The number of carbonyl (C=O) groups excluding carboxylic acids is 1. The van der Waals surface area contributed by atoms with E-state index in [0.29, 0.717) is 6.04 Å². The molecule has 3 heteroatoms. The molecule has 3 N–H and O–H groups in total. The van der Waals surface area contributed by atoms with Crippen molar-refractivity contribution in [3.63, 3.8) is 0 Å². The van der Waals surface area contributed by atoms with E-state index in [4.69, 9.17) is 5.73 Å². The molecule has 2 fully saturated rings. The first kappa shape index (κ1) is 8.05. The molecule has 3 unspecified atom stereocenters. The summed E-state index contributed by atoms with van der Waals surface area (Å²) in [6.07, 6.45) is 3.43. The van der Waals surface area contributed by atoms with Gasteiger partial charge >= 0.3 is 0 Å². The Morgan fingerprint density at radius 1 is 1.58 bits per heavy atom. The van der Waals surface area contributed by atoms with E-state index < -0.39 is 0 Å². The standard InChI is InChI=1S/C9H16N2O/c1-5(6-2-3-6)11-9(12)7-4-8(7)10/h5-8H,2-4,10H2,1H3,(H,11,12). The van der Waals surface area contributed by atoms with Crippen molar-refractivity contribution in [2.24, 2.45) is 17.6 Å². The van der Waals surface area contributed by atoms with Gasteiger partial charge < -0.3 is 11.1 Å². The van der Waals surface area contributed by atoms with Crippen LogP contribution in [0.25, 0.3) is 0 Å². The first-order valence-corrected chi connectivity index (χ1v) is 4.74. The molecule has 0 bridgehead atoms. The lowest BCUT2D eigenvalue weighted by Crippen LogP contribution is -2.36. The van der Waals surface area contributed by atoms with Crippen LogP contribution in [0.3, 0.4) is 0 Å². The van der Waals surface area contributed by atoms with Gasteiger partial charge in [-0.2, -0.15) is 0 Å². The van der Waals surface area contributed by atoms with Gasteiger partial charge in [0, 0.05) is 12.1 Å².